The Morgan fingerprint density at radius 2 is 0.769 bits per heavy atom. The number of anilines is 2. The van der Waals surface area contributed by atoms with Gasteiger partial charge in [0.15, 0.2) is 0 Å². The van der Waals surface area contributed by atoms with E-state index in [0.29, 0.717) is 34.0 Å². The SMILES string of the molecule is COc1ccc(N2C(=O)C(=O)/C(=C(/c3ccccc3)N3CCN(/C(=C4\C(=O)C(=O)N(c5ccc(OC)cc5)C4=O)c4ccccc4)CC3)C2=O)cc1. The van der Waals surface area contributed by atoms with Crippen molar-refractivity contribution >= 4 is 58.0 Å². The van der Waals surface area contributed by atoms with Crippen LogP contribution in [0.3, 0.4) is 0 Å². The average Bonchev–Trinajstić information content (AvgIpc) is 3.54. The van der Waals surface area contributed by atoms with Crippen LogP contribution in [0.1, 0.15) is 11.1 Å². The highest BCUT2D eigenvalue weighted by atomic mass is 16.5. The van der Waals surface area contributed by atoms with Gasteiger partial charge in [-0.2, -0.15) is 0 Å². The Hall–Kier alpha value is -6.82. The van der Waals surface area contributed by atoms with E-state index in [2.05, 4.69) is 0 Å². The number of Topliss-reactive ketones (excluding diaryl/α,β-unsaturated/α-hetero) is 2. The highest BCUT2D eigenvalue weighted by Gasteiger charge is 2.48. The topological polar surface area (TPSA) is 134 Å². The number of piperazine rings is 1. The second kappa shape index (κ2) is 13.8. The molecule has 12 heteroatoms. The van der Waals surface area contributed by atoms with Crippen LogP contribution in [0.5, 0.6) is 11.5 Å². The first kappa shape index (κ1) is 33.7. The van der Waals surface area contributed by atoms with Crippen molar-refractivity contribution in [1.82, 2.24) is 9.80 Å². The number of methoxy groups -OCH3 is 2. The molecule has 0 radical (unpaired) electrons. The number of rotatable bonds is 8. The van der Waals surface area contributed by atoms with E-state index in [4.69, 9.17) is 9.47 Å². The van der Waals surface area contributed by atoms with Crippen LogP contribution in [-0.2, 0) is 28.8 Å². The highest BCUT2D eigenvalue weighted by Crippen LogP contribution is 2.36. The molecule has 12 nitrogen and oxygen atoms in total. The average molecular weight is 697 g/mol. The molecule has 0 aliphatic carbocycles. The normalized spacial score (nSPS) is 18.4. The van der Waals surface area contributed by atoms with Gasteiger partial charge in [-0.25, -0.2) is 9.80 Å². The molecule has 3 heterocycles. The summed E-state index contributed by atoms with van der Waals surface area (Å²) in [6.45, 7) is 0.973. The predicted molar refractivity (Wildman–Crippen MR) is 191 cm³/mol. The third-order valence-corrected chi connectivity index (χ3v) is 9.22. The predicted octanol–water partition coefficient (Wildman–Crippen LogP) is 3.73. The molecule has 3 aliphatic heterocycles. The Kier molecular flexibility index (Phi) is 8.95. The first-order chi connectivity index (χ1) is 25.2. The van der Waals surface area contributed by atoms with Crippen LogP contribution >= 0.6 is 0 Å². The fraction of sp³-hybridized carbons (Fsp3) is 0.150. The summed E-state index contributed by atoms with van der Waals surface area (Å²) < 4.78 is 10.4. The largest absolute Gasteiger partial charge is 0.497 e. The number of imide groups is 2. The summed E-state index contributed by atoms with van der Waals surface area (Å²) >= 11 is 0. The minimum Gasteiger partial charge on any atom is -0.497 e. The standard InChI is InChI=1S/C40H32N4O8/c1-51-29-17-13-27(14-18-29)43-37(47)31(35(45)39(43)49)33(25-9-5-3-6-10-25)41-21-23-42(24-22-41)34(26-11-7-4-8-12-26)32-36(46)40(50)44(38(32)48)28-15-19-30(52-2)20-16-28/h3-20H,21-24H2,1-2H3/b33-31+,34-32+. The maximum Gasteiger partial charge on any atom is 0.306 e. The van der Waals surface area contributed by atoms with Crippen LogP contribution in [0.25, 0.3) is 11.4 Å². The summed E-state index contributed by atoms with van der Waals surface area (Å²) in [6.07, 6.45) is 0. The lowest BCUT2D eigenvalue weighted by Gasteiger charge is -2.40. The van der Waals surface area contributed by atoms with E-state index in [1.54, 1.807) is 84.9 Å². The zero-order valence-electron chi connectivity index (χ0n) is 28.3. The van der Waals surface area contributed by atoms with E-state index >= 15 is 0 Å². The fourth-order valence-electron chi connectivity index (χ4n) is 6.68. The van der Waals surface area contributed by atoms with Crippen LogP contribution in [0, 0.1) is 0 Å². The van der Waals surface area contributed by atoms with Gasteiger partial charge in [-0.15, -0.1) is 0 Å². The lowest BCUT2D eigenvalue weighted by molar-refractivity contribution is -0.132. The Morgan fingerprint density at radius 1 is 0.442 bits per heavy atom. The molecule has 4 amide bonds. The number of hydrogen-bond acceptors (Lipinski definition) is 10. The quantitative estimate of drug-likeness (QED) is 0.116. The van der Waals surface area contributed by atoms with Crippen molar-refractivity contribution in [2.24, 2.45) is 0 Å². The number of nitrogens with zero attached hydrogens (tertiary/aromatic N) is 4. The Labute approximate surface area is 298 Å². The molecule has 4 aromatic rings. The molecule has 0 saturated carbocycles. The summed E-state index contributed by atoms with van der Waals surface area (Å²) in [5.74, 6) is -4.20. The van der Waals surface area contributed by atoms with E-state index in [9.17, 15) is 28.8 Å². The number of hydrogen-bond donors (Lipinski definition) is 0. The third-order valence-electron chi connectivity index (χ3n) is 9.22. The van der Waals surface area contributed by atoms with Crippen molar-refractivity contribution in [3.8, 4) is 11.5 Å². The number of carbonyl (C=O) groups excluding carboxylic acids is 6. The molecule has 4 aromatic carbocycles. The van der Waals surface area contributed by atoms with Crippen molar-refractivity contribution in [2.75, 3.05) is 50.2 Å². The van der Waals surface area contributed by atoms with Gasteiger partial charge in [-0.05, 0) is 59.7 Å². The second-order valence-corrected chi connectivity index (χ2v) is 12.1. The molecular formula is C40H32N4O8. The number of carbonyl (C=O) groups is 6. The van der Waals surface area contributed by atoms with E-state index in [0.717, 1.165) is 9.80 Å². The third kappa shape index (κ3) is 5.79. The van der Waals surface area contributed by atoms with Crippen molar-refractivity contribution in [3.05, 3.63) is 131 Å². The smallest absolute Gasteiger partial charge is 0.306 e. The molecule has 0 N–H and O–H groups in total. The lowest BCUT2D eigenvalue weighted by Crippen LogP contribution is -2.45. The minimum atomic E-state index is -0.960. The lowest BCUT2D eigenvalue weighted by atomic mass is 10.00. The van der Waals surface area contributed by atoms with Crippen molar-refractivity contribution < 1.29 is 38.2 Å². The van der Waals surface area contributed by atoms with Crippen LogP contribution in [-0.4, -0.2) is 85.4 Å². The van der Waals surface area contributed by atoms with Gasteiger partial charge in [0.25, 0.3) is 23.4 Å². The molecule has 3 fully saturated rings. The van der Waals surface area contributed by atoms with Gasteiger partial charge in [0, 0.05) is 26.2 Å². The van der Waals surface area contributed by atoms with Crippen molar-refractivity contribution in [2.45, 2.75) is 0 Å². The minimum absolute atomic E-state index is 0.236. The van der Waals surface area contributed by atoms with Gasteiger partial charge in [0.2, 0.25) is 0 Å². The van der Waals surface area contributed by atoms with Gasteiger partial charge in [0.1, 0.15) is 22.6 Å². The van der Waals surface area contributed by atoms with E-state index < -0.39 is 35.2 Å². The summed E-state index contributed by atoms with van der Waals surface area (Å²) in [4.78, 5) is 87.4. The molecule has 0 spiro atoms. The Bertz CT molecular complexity index is 2010. The maximum atomic E-state index is 14.0. The van der Waals surface area contributed by atoms with E-state index in [-0.39, 0.29) is 48.7 Å². The van der Waals surface area contributed by atoms with Crippen molar-refractivity contribution in [3.63, 3.8) is 0 Å². The molecule has 260 valence electrons. The summed E-state index contributed by atoms with van der Waals surface area (Å²) in [7, 11) is 2.99. The van der Waals surface area contributed by atoms with Gasteiger partial charge in [-0.3, -0.25) is 28.8 Å². The number of ketones is 2. The van der Waals surface area contributed by atoms with Crippen LogP contribution in [0.15, 0.2) is 120 Å². The Balaban J connectivity index is 1.25. The van der Waals surface area contributed by atoms with E-state index in [1.807, 2.05) is 9.80 Å². The molecule has 0 bridgehead atoms. The van der Waals surface area contributed by atoms with Gasteiger partial charge in [0.05, 0.1) is 37.0 Å². The van der Waals surface area contributed by atoms with Gasteiger partial charge >= 0.3 is 11.8 Å². The Morgan fingerprint density at radius 3 is 1.08 bits per heavy atom. The second-order valence-electron chi connectivity index (χ2n) is 12.1. The van der Waals surface area contributed by atoms with E-state index in [1.165, 1.54) is 38.5 Å². The number of benzene rings is 4. The molecule has 52 heavy (non-hydrogen) atoms. The highest BCUT2D eigenvalue weighted by molar-refractivity contribution is 6.65. The molecule has 3 saturated heterocycles. The maximum absolute atomic E-state index is 14.0. The molecule has 0 aromatic heterocycles. The summed E-state index contributed by atoms with van der Waals surface area (Å²) in [6, 6.07) is 30.3. The van der Waals surface area contributed by atoms with Crippen LogP contribution in [0.2, 0.25) is 0 Å². The zero-order valence-corrected chi connectivity index (χ0v) is 28.3. The van der Waals surface area contributed by atoms with Crippen LogP contribution < -0.4 is 19.3 Å². The molecule has 7 rings (SSSR count). The fourth-order valence-corrected chi connectivity index (χ4v) is 6.68. The van der Waals surface area contributed by atoms with Crippen molar-refractivity contribution in [1.29, 1.82) is 0 Å². The van der Waals surface area contributed by atoms with Crippen LogP contribution in [0.4, 0.5) is 11.4 Å². The van der Waals surface area contributed by atoms with Gasteiger partial charge < -0.3 is 19.3 Å². The molecule has 3 aliphatic rings. The molecule has 0 unspecified atom stereocenters. The first-order valence-corrected chi connectivity index (χ1v) is 16.5. The zero-order chi connectivity index (χ0) is 36.5. The monoisotopic (exact) mass is 696 g/mol. The van der Waals surface area contributed by atoms with Gasteiger partial charge in [-0.1, -0.05) is 60.7 Å². The molecular weight excluding hydrogens is 664 g/mol. The summed E-state index contributed by atoms with van der Waals surface area (Å²) in [5.41, 5.74) is 1.73. The number of amides is 4. The first-order valence-electron chi connectivity index (χ1n) is 16.5. The summed E-state index contributed by atoms with van der Waals surface area (Å²) in [5, 5.41) is 0. The number of ether oxygens (including phenoxy) is 2. The molecule has 0 atom stereocenters.